The van der Waals surface area contributed by atoms with Crippen LogP contribution in [0.3, 0.4) is 0 Å². The van der Waals surface area contributed by atoms with E-state index in [0.717, 1.165) is 12.4 Å². The van der Waals surface area contributed by atoms with Gasteiger partial charge in [0.1, 0.15) is 5.82 Å². The summed E-state index contributed by atoms with van der Waals surface area (Å²) in [4.78, 5) is 16.6. The predicted molar refractivity (Wildman–Crippen MR) is 60.7 cm³/mol. The van der Waals surface area contributed by atoms with Gasteiger partial charge >= 0.3 is 5.97 Å². The van der Waals surface area contributed by atoms with Crippen LogP contribution >= 0.6 is 0 Å². The number of pyridine rings is 1. The lowest BCUT2D eigenvalue weighted by Crippen LogP contribution is -2.22. The second kappa shape index (κ2) is 6.07. The molecule has 0 aliphatic rings. The van der Waals surface area contributed by atoms with Gasteiger partial charge in [-0.15, -0.1) is 0 Å². The van der Waals surface area contributed by atoms with Crippen LogP contribution in [-0.4, -0.2) is 43.4 Å². The first-order chi connectivity index (χ1) is 7.63. The Bertz CT molecular complexity index is 338. The zero-order chi connectivity index (χ0) is 12.0. The number of hydrogen-bond acceptors (Lipinski definition) is 4. The summed E-state index contributed by atoms with van der Waals surface area (Å²) in [5.41, 5.74) is 0.705. The summed E-state index contributed by atoms with van der Waals surface area (Å²) in [6.45, 7) is 1.39. The number of carboxylic acid groups (broad SMARTS) is 1. The number of ether oxygens (including phenoxy) is 1. The number of nitrogens with zero attached hydrogens (tertiary/aromatic N) is 2. The Kier molecular flexibility index (Phi) is 4.72. The van der Waals surface area contributed by atoms with Crippen molar-refractivity contribution in [1.29, 1.82) is 0 Å². The van der Waals surface area contributed by atoms with E-state index in [9.17, 15) is 4.79 Å². The van der Waals surface area contributed by atoms with E-state index >= 15 is 0 Å². The van der Waals surface area contributed by atoms with E-state index in [1.807, 2.05) is 18.0 Å². The van der Waals surface area contributed by atoms with Crippen LogP contribution in [0.15, 0.2) is 18.3 Å². The largest absolute Gasteiger partial charge is 0.481 e. The molecule has 0 atom stereocenters. The molecule has 0 saturated heterocycles. The van der Waals surface area contributed by atoms with Gasteiger partial charge in [-0.3, -0.25) is 4.79 Å². The Morgan fingerprint density at radius 3 is 2.81 bits per heavy atom. The van der Waals surface area contributed by atoms with Crippen molar-refractivity contribution in [3.05, 3.63) is 23.9 Å². The van der Waals surface area contributed by atoms with Crippen molar-refractivity contribution in [3.8, 4) is 0 Å². The third-order valence-corrected chi connectivity index (χ3v) is 2.19. The monoisotopic (exact) mass is 224 g/mol. The van der Waals surface area contributed by atoms with Crippen LogP contribution in [0.2, 0.25) is 0 Å². The van der Waals surface area contributed by atoms with Gasteiger partial charge in [-0.25, -0.2) is 4.98 Å². The van der Waals surface area contributed by atoms with Crippen molar-refractivity contribution in [2.24, 2.45) is 0 Å². The zero-order valence-electron chi connectivity index (χ0n) is 9.51. The molecule has 1 aromatic rings. The fourth-order valence-corrected chi connectivity index (χ4v) is 1.26. The molecule has 0 unspecified atom stereocenters. The van der Waals surface area contributed by atoms with Crippen molar-refractivity contribution >= 4 is 11.8 Å². The molecule has 0 bridgehead atoms. The van der Waals surface area contributed by atoms with E-state index in [2.05, 4.69) is 4.98 Å². The summed E-state index contributed by atoms with van der Waals surface area (Å²) < 4.78 is 4.96. The first-order valence-corrected chi connectivity index (χ1v) is 5.00. The fraction of sp³-hybridized carbons (Fsp3) is 0.455. The van der Waals surface area contributed by atoms with Crippen LogP contribution in [0, 0.1) is 0 Å². The van der Waals surface area contributed by atoms with E-state index in [0.29, 0.717) is 12.2 Å². The summed E-state index contributed by atoms with van der Waals surface area (Å²) in [6.07, 6.45) is 1.60. The maximum absolute atomic E-state index is 10.5. The quantitative estimate of drug-likeness (QED) is 0.774. The van der Waals surface area contributed by atoms with Crippen molar-refractivity contribution in [2.45, 2.75) is 6.42 Å². The average molecular weight is 224 g/mol. The fourth-order valence-electron chi connectivity index (χ4n) is 1.26. The maximum Gasteiger partial charge on any atom is 0.307 e. The molecule has 0 saturated carbocycles. The van der Waals surface area contributed by atoms with Gasteiger partial charge in [0, 0.05) is 26.9 Å². The number of aliphatic carboxylic acids is 1. The van der Waals surface area contributed by atoms with Crippen LogP contribution in [-0.2, 0) is 16.0 Å². The van der Waals surface area contributed by atoms with Crippen LogP contribution in [0.1, 0.15) is 5.56 Å². The van der Waals surface area contributed by atoms with Crippen LogP contribution in [0.5, 0.6) is 0 Å². The molecule has 1 heterocycles. The highest BCUT2D eigenvalue weighted by atomic mass is 16.5. The van der Waals surface area contributed by atoms with E-state index < -0.39 is 5.97 Å². The molecular weight excluding hydrogens is 208 g/mol. The lowest BCUT2D eigenvalue weighted by atomic mass is 10.2. The predicted octanol–water partition coefficient (Wildman–Crippen LogP) is 0.791. The molecule has 0 aliphatic carbocycles. The van der Waals surface area contributed by atoms with Crippen molar-refractivity contribution in [3.63, 3.8) is 0 Å². The lowest BCUT2D eigenvalue weighted by Gasteiger charge is -2.17. The Labute approximate surface area is 94.7 Å². The second-order valence-electron chi connectivity index (χ2n) is 3.51. The van der Waals surface area contributed by atoms with E-state index in [1.165, 1.54) is 0 Å². The molecule has 16 heavy (non-hydrogen) atoms. The Morgan fingerprint density at radius 2 is 2.31 bits per heavy atom. The SMILES string of the molecule is COCCN(C)c1ccc(CC(=O)O)cn1. The number of aromatic nitrogens is 1. The number of carbonyl (C=O) groups is 1. The molecule has 88 valence electrons. The van der Waals surface area contributed by atoms with Crippen molar-refractivity contribution in [1.82, 2.24) is 4.98 Å². The maximum atomic E-state index is 10.5. The topological polar surface area (TPSA) is 62.7 Å². The number of likely N-dealkylation sites (N-methyl/N-ethyl adjacent to an activating group) is 1. The summed E-state index contributed by atoms with van der Waals surface area (Å²) >= 11 is 0. The summed E-state index contributed by atoms with van der Waals surface area (Å²) in [7, 11) is 3.56. The number of anilines is 1. The Hall–Kier alpha value is -1.62. The molecule has 1 rings (SSSR count). The van der Waals surface area contributed by atoms with Gasteiger partial charge in [0.2, 0.25) is 0 Å². The van der Waals surface area contributed by atoms with Gasteiger partial charge < -0.3 is 14.7 Å². The van der Waals surface area contributed by atoms with E-state index in [1.54, 1.807) is 19.4 Å². The third kappa shape index (κ3) is 3.86. The normalized spacial score (nSPS) is 10.1. The molecule has 0 aromatic carbocycles. The number of carboxylic acids is 1. The number of methoxy groups -OCH3 is 1. The minimum Gasteiger partial charge on any atom is -0.481 e. The molecule has 1 N–H and O–H groups in total. The van der Waals surface area contributed by atoms with Crippen LogP contribution in [0.25, 0.3) is 0 Å². The first-order valence-electron chi connectivity index (χ1n) is 5.00. The first kappa shape index (κ1) is 12.4. The van der Waals surface area contributed by atoms with Gasteiger partial charge in [0.25, 0.3) is 0 Å². The summed E-state index contributed by atoms with van der Waals surface area (Å²) in [5, 5.41) is 8.61. The standard InChI is InChI=1S/C11H16N2O3/c1-13(5-6-16-2)10-4-3-9(8-12-10)7-11(14)15/h3-4,8H,5-7H2,1-2H3,(H,14,15). The molecule has 1 aromatic heterocycles. The Balaban J connectivity index is 2.59. The molecule has 0 fully saturated rings. The molecular formula is C11H16N2O3. The zero-order valence-corrected chi connectivity index (χ0v) is 9.51. The van der Waals surface area contributed by atoms with Gasteiger partial charge in [0.05, 0.1) is 13.0 Å². The summed E-state index contributed by atoms with van der Waals surface area (Å²) in [5.74, 6) is -0.0338. The minimum absolute atomic E-state index is 0.00899. The lowest BCUT2D eigenvalue weighted by molar-refractivity contribution is -0.136. The van der Waals surface area contributed by atoms with E-state index in [4.69, 9.17) is 9.84 Å². The molecule has 0 spiro atoms. The summed E-state index contributed by atoms with van der Waals surface area (Å²) in [6, 6.07) is 3.59. The van der Waals surface area contributed by atoms with Gasteiger partial charge in [-0.2, -0.15) is 0 Å². The average Bonchev–Trinajstić information content (AvgIpc) is 2.26. The minimum atomic E-state index is -0.845. The molecule has 0 radical (unpaired) electrons. The van der Waals surface area contributed by atoms with Gasteiger partial charge in [0.15, 0.2) is 0 Å². The smallest absolute Gasteiger partial charge is 0.307 e. The molecule has 0 aliphatic heterocycles. The molecule has 5 nitrogen and oxygen atoms in total. The molecule has 0 amide bonds. The van der Waals surface area contributed by atoms with E-state index in [-0.39, 0.29) is 6.42 Å². The second-order valence-corrected chi connectivity index (χ2v) is 3.51. The number of hydrogen-bond donors (Lipinski definition) is 1. The van der Waals surface area contributed by atoms with Crippen molar-refractivity contribution < 1.29 is 14.6 Å². The van der Waals surface area contributed by atoms with Crippen LogP contribution < -0.4 is 4.90 Å². The highest BCUT2D eigenvalue weighted by Gasteiger charge is 2.04. The van der Waals surface area contributed by atoms with Crippen LogP contribution in [0.4, 0.5) is 5.82 Å². The highest BCUT2D eigenvalue weighted by Crippen LogP contribution is 2.09. The molecule has 5 heteroatoms. The van der Waals surface area contributed by atoms with Gasteiger partial charge in [-0.05, 0) is 11.6 Å². The number of rotatable bonds is 6. The highest BCUT2D eigenvalue weighted by molar-refractivity contribution is 5.70. The van der Waals surface area contributed by atoms with Gasteiger partial charge in [-0.1, -0.05) is 6.07 Å². The van der Waals surface area contributed by atoms with Crippen molar-refractivity contribution in [2.75, 3.05) is 32.2 Å². The third-order valence-electron chi connectivity index (χ3n) is 2.19. The Morgan fingerprint density at radius 1 is 1.56 bits per heavy atom.